The number of halogens is 1. The lowest BCUT2D eigenvalue weighted by Gasteiger charge is -2.40. The molecule has 1 saturated carbocycles. The molecule has 1 spiro atoms. The van der Waals surface area contributed by atoms with Gasteiger partial charge in [-0.2, -0.15) is 0 Å². The fraction of sp³-hybridized carbons (Fsp3) is 0.667. The summed E-state index contributed by atoms with van der Waals surface area (Å²) in [7, 11) is 0. The zero-order valence-corrected chi connectivity index (χ0v) is 13.9. The smallest absolute Gasteiger partial charge is 0.0471 e. The number of nitrogens with zero attached hydrogens (tertiary/aromatic N) is 1. The number of piperidine rings is 1. The SMILES string of the molecule is CCNCc1ccc(N2CCC3(CCCC3)CC2)cc1Cl. The van der Waals surface area contributed by atoms with Crippen LogP contribution < -0.4 is 10.2 Å². The molecule has 1 saturated heterocycles. The molecule has 2 nitrogen and oxygen atoms in total. The summed E-state index contributed by atoms with van der Waals surface area (Å²) in [5, 5.41) is 4.24. The van der Waals surface area contributed by atoms with Crippen LogP contribution in [0.5, 0.6) is 0 Å². The summed E-state index contributed by atoms with van der Waals surface area (Å²) < 4.78 is 0. The molecule has 0 bridgehead atoms. The Labute approximate surface area is 133 Å². The van der Waals surface area contributed by atoms with Crippen molar-refractivity contribution in [2.24, 2.45) is 5.41 Å². The molecule has 2 aliphatic rings. The van der Waals surface area contributed by atoms with Gasteiger partial charge in [0.25, 0.3) is 0 Å². The molecule has 3 rings (SSSR count). The Morgan fingerprint density at radius 2 is 1.86 bits per heavy atom. The van der Waals surface area contributed by atoms with Crippen molar-refractivity contribution >= 4 is 17.3 Å². The maximum absolute atomic E-state index is 6.44. The van der Waals surface area contributed by atoms with Gasteiger partial charge < -0.3 is 10.2 Å². The summed E-state index contributed by atoms with van der Waals surface area (Å²) in [6.07, 6.45) is 8.55. The Morgan fingerprint density at radius 1 is 1.14 bits per heavy atom. The molecule has 0 radical (unpaired) electrons. The van der Waals surface area contributed by atoms with E-state index in [2.05, 4.69) is 35.3 Å². The van der Waals surface area contributed by atoms with E-state index < -0.39 is 0 Å². The van der Waals surface area contributed by atoms with Gasteiger partial charge >= 0.3 is 0 Å². The maximum Gasteiger partial charge on any atom is 0.0471 e. The predicted molar refractivity (Wildman–Crippen MR) is 91.2 cm³/mol. The molecule has 1 aromatic rings. The predicted octanol–water partition coefficient (Wildman–Crippen LogP) is 4.61. The third kappa shape index (κ3) is 3.37. The van der Waals surface area contributed by atoms with Crippen LogP contribution in [0.1, 0.15) is 51.0 Å². The third-order valence-corrected chi connectivity index (χ3v) is 5.81. The highest BCUT2D eigenvalue weighted by Gasteiger charge is 2.36. The van der Waals surface area contributed by atoms with Crippen molar-refractivity contribution in [3.63, 3.8) is 0 Å². The summed E-state index contributed by atoms with van der Waals surface area (Å²) in [4.78, 5) is 2.52. The molecule has 1 heterocycles. The van der Waals surface area contributed by atoms with Crippen molar-refractivity contribution < 1.29 is 0 Å². The maximum atomic E-state index is 6.44. The van der Waals surface area contributed by atoms with Gasteiger partial charge in [0.05, 0.1) is 0 Å². The highest BCUT2D eigenvalue weighted by atomic mass is 35.5. The fourth-order valence-corrected chi connectivity index (χ4v) is 4.24. The Balaban J connectivity index is 1.63. The van der Waals surface area contributed by atoms with Crippen LogP contribution in [0, 0.1) is 5.41 Å². The largest absolute Gasteiger partial charge is 0.371 e. The van der Waals surface area contributed by atoms with Gasteiger partial charge in [-0.3, -0.25) is 0 Å². The summed E-state index contributed by atoms with van der Waals surface area (Å²) in [6.45, 7) is 6.35. The summed E-state index contributed by atoms with van der Waals surface area (Å²) in [5.74, 6) is 0. The van der Waals surface area contributed by atoms with Crippen molar-refractivity contribution in [2.75, 3.05) is 24.5 Å². The van der Waals surface area contributed by atoms with Gasteiger partial charge in [0, 0.05) is 30.3 Å². The van der Waals surface area contributed by atoms with E-state index in [1.165, 1.54) is 62.9 Å². The van der Waals surface area contributed by atoms with Gasteiger partial charge in [-0.25, -0.2) is 0 Å². The number of hydrogen-bond donors (Lipinski definition) is 1. The third-order valence-electron chi connectivity index (χ3n) is 5.46. The average molecular weight is 307 g/mol. The standard InChI is InChI=1S/C18H27ClN2/c1-2-20-14-15-5-6-16(13-17(15)19)21-11-9-18(10-12-21)7-3-4-8-18/h5-6,13,20H,2-4,7-12,14H2,1H3. The quantitative estimate of drug-likeness (QED) is 0.874. The number of nitrogens with one attached hydrogen (secondary N) is 1. The van der Waals surface area contributed by atoms with Crippen molar-refractivity contribution in [3.05, 3.63) is 28.8 Å². The van der Waals surface area contributed by atoms with E-state index in [4.69, 9.17) is 11.6 Å². The first kappa shape index (κ1) is 15.2. The first-order chi connectivity index (χ1) is 10.2. The van der Waals surface area contributed by atoms with Crippen molar-refractivity contribution in [1.82, 2.24) is 5.32 Å². The Morgan fingerprint density at radius 3 is 2.48 bits per heavy atom. The van der Waals surface area contributed by atoms with Gasteiger partial charge in [-0.05, 0) is 55.3 Å². The number of rotatable bonds is 4. The van der Waals surface area contributed by atoms with Crippen molar-refractivity contribution in [3.8, 4) is 0 Å². The summed E-state index contributed by atoms with van der Waals surface area (Å²) >= 11 is 6.44. The van der Waals surface area contributed by atoms with E-state index in [1.807, 2.05) is 0 Å². The Hall–Kier alpha value is -0.730. The van der Waals surface area contributed by atoms with E-state index in [9.17, 15) is 0 Å². The van der Waals surface area contributed by atoms with Crippen LogP contribution in [0.25, 0.3) is 0 Å². The van der Waals surface area contributed by atoms with Gasteiger partial charge in [-0.15, -0.1) is 0 Å². The van der Waals surface area contributed by atoms with E-state index >= 15 is 0 Å². The van der Waals surface area contributed by atoms with Crippen molar-refractivity contribution in [2.45, 2.75) is 52.0 Å². The number of benzene rings is 1. The van der Waals surface area contributed by atoms with Gasteiger partial charge in [0.15, 0.2) is 0 Å². The van der Waals surface area contributed by atoms with Crippen LogP contribution in [0.2, 0.25) is 5.02 Å². The first-order valence-electron chi connectivity index (χ1n) is 8.47. The molecule has 116 valence electrons. The molecule has 2 fully saturated rings. The monoisotopic (exact) mass is 306 g/mol. The zero-order valence-electron chi connectivity index (χ0n) is 13.1. The number of hydrogen-bond acceptors (Lipinski definition) is 2. The van der Waals surface area contributed by atoms with Gasteiger partial charge in [-0.1, -0.05) is 37.4 Å². The lowest BCUT2D eigenvalue weighted by atomic mass is 9.77. The van der Waals surface area contributed by atoms with Crippen LogP contribution >= 0.6 is 11.6 Å². The second-order valence-electron chi connectivity index (χ2n) is 6.75. The summed E-state index contributed by atoms with van der Waals surface area (Å²) in [6, 6.07) is 6.58. The van der Waals surface area contributed by atoms with Gasteiger partial charge in [0.2, 0.25) is 0 Å². The van der Waals surface area contributed by atoms with Crippen LogP contribution in [0.15, 0.2) is 18.2 Å². The molecule has 1 aromatic carbocycles. The first-order valence-corrected chi connectivity index (χ1v) is 8.84. The lowest BCUT2D eigenvalue weighted by molar-refractivity contribution is 0.226. The van der Waals surface area contributed by atoms with Crippen LogP contribution in [-0.4, -0.2) is 19.6 Å². The van der Waals surface area contributed by atoms with Crippen LogP contribution in [-0.2, 0) is 6.54 Å². The molecule has 1 aliphatic heterocycles. The fourth-order valence-electron chi connectivity index (χ4n) is 4.00. The molecule has 0 aromatic heterocycles. The minimum atomic E-state index is 0.686. The minimum absolute atomic E-state index is 0.686. The molecule has 3 heteroatoms. The van der Waals surface area contributed by atoms with Crippen LogP contribution in [0.4, 0.5) is 5.69 Å². The molecular formula is C18H27ClN2. The molecule has 0 amide bonds. The molecule has 21 heavy (non-hydrogen) atoms. The summed E-state index contributed by atoms with van der Waals surface area (Å²) in [5.41, 5.74) is 3.19. The molecule has 0 unspecified atom stereocenters. The highest BCUT2D eigenvalue weighted by Crippen LogP contribution is 2.46. The van der Waals surface area contributed by atoms with E-state index in [0.717, 1.165) is 18.1 Å². The molecule has 1 N–H and O–H groups in total. The van der Waals surface area contributed by atoms with E-state index in [-0.39, 0.29) is 0 Å². The highest BCUT2D eigenvalue weighted by molar-refractivity contribution is 6.31. The molecular weight excluding hydrogens is 280 g/mol. The molecule has 0 atom stereocenters. The Bertz CT molecular complexity index is 470. The topological polar surface area (TPSA) is 15.3 Å². The zero-order chi connectivity index (χ0) is 14.7. The second-order valence-corrected chi connectivity index (χ2v) is 7.16. The number of anilines is 1. The van der Waals surface area contributed by atoms with Crippen LogP contribution in [0.3, 0.4) is 0 Å². The van der Waals surface area contributed by atoms with E-state index in [0.29, 0.717) is 5.41 Å². The van der Waals surface area contributed by atoms with E-state index in [1.54, 1.807) is 0 Å². The lowest BCUT2D eigenvalue weighted by Crippen LogP contribution is -2.38. The normalized spacial score (nSPS) is 21.1. The average Bonchev–Trinajstić information content (AvgIpc) is 2.95. The van der Waals surface area contributed by atoms with Crippen molar-refractivity contribution in [1.29, 1.82) is 0 Å². The molecule has 1 aliphatic carbocycles. The second kappa shape index (κ2) is 6.58. The van der Waals surface area contributed by atoms with Gasteiger partial charge in [0.1, 0.15) is 0 Å². The Kier molecular flexibility index (Phi) is 4.75. The minimum Gasteiger partial charge on any atom is -0.371 e.